The molecule has 1 heterocycles. The molecule has 1 unspecified atom stereocenters. The van der Waals surface area contributed by atoms with Crippen LogP contribution in [0.5, 0.6) is 0 Å². The molecule has 0 fully saturated rings. The van der Waals surface area contributed by atoms with Crippen LogP contribution >= 0.6 is 0 Å². The van der Waals surface area contributed by atoms with E-state index < -0.39 is 11.9 Å². The van der Waals surface area contributed by atoms with E-state index in [-0.39, 0.29) is 12.5 Å². The van der Waals surface area contributed by atoms with Gasteiger partial charge < -0.3 is 10.4 Å². The third-order valence-electron chi connectivity index (χ3n) is 2.98. The van der Waals surface area contributed by atoms with Gasteiger partial charge in [-0.1, -0.05) is 30.3 Å². The first kappa shape index (κ1) is 15.9. The average molecular weight is 300 g/mol. The highest BCUT2D eigenvalue weighted by atomic mass is 19.1. The lowest BCUT2D eigenvalue weighted by Gasteiger charge is -2.10. The number of carbonyl (C=O) groups excluding carboxylic acids is 1. The molecule has 2 N–H and O–H groups in total. The zero-order valence-corrected chi connectivity index (χ0v) is 11.9. The van der Waals surface area contributed by atoms with E-state index in [9.17, 15) is 14.3 Å². The molecule has 114 valence electrons. The molecule has 2 aromatic rings. The smallest absolute Gasteiger partial charge is 0.244 e. The Morgan fingerprint density at radius 2 is 2.09 bits per heavy atom. The maximum absolute atomic E-state index is 12.9. The number of aliphatic hydroxyl groups excluding tert-OH is 1. The first-order valence-corrected chi connectivity index (χ1v) is 6.92. The summed E-state index contributed by atoms with van der Waals surface area (Å²) in [5, 5.41) is 12.5. The van der Waals surface area contributed by atoms with Crippen LogP contribution in [0.15, 0.2) is 54.9 Å². The standard InChI is InChI=1S/C17H17FN2O2/c18-15-8-14(10-19-11-15)6-7-17(22)20-12-16(21)9-13-4-2-1-3-5-13/h1-8,10-11,16,21H,9,12H2,(H,20,22)/b7-6+. The zero-order chi connectivity index (χ0) is 15.8. The van der Waals surface area contributed by atoms with Crippen molar-refractivity contribution in [3.05, 3.63) is 71.8 Å². The minimum atomic E-state index is -0.657. The van der Waals surface area contributed by atoms with E-state index in [1.807, 2.05) is 30.3 Å². The molecule has 22 heavy (non-hydrogen) atoms. The molecule has 5 heteroatoms. The van der Waals surface area contributed by atoms with E-state index in [1.165, 1.54) is 24.4 Å². The minimum Gasteiger partial charge on any atom is -0.391 e. The lowest BCUT2D eigenvalue weighted by atomic mass is 10.1. The van der Waals surface area contributed by atoms with Gasteiger partial charge in [0.15, 0.2) is 0 Å². The third kappa shape index (κ3) is 5.46. The molecule has 1 amide bonds. The van der Waals surface area contributed by atoms with Crippen molar-refractivity contribution in [3.8, 4) is 0 Å². The molecule has 4 nitrogen and oxygen atoms in total. The van der Waals surface area contributed by atoms with E-state index in [2.05, 4.69) is 10.3 Å². The number of aliphatic hydroxyl groups is 1. The van der Waals surface area contributed by atoms with Crippen molar-refractivity contribution in [2.24, 2.45) is 0 Å². The number of aromatic nitrogens is 1. The zero-order valence-electron chi connectivity index (χ0n) is 11.9. The summed E-state index contributed by atoms with van der Waals surface area (Å²) in [4.78, 5) is 15.3. The molecule has 2 rings (SSSR count). The van der Waals surface area contributed by atoms with Gasteiger partial charge >= 0.3 is 0 Å². The summed E-state index contributed by atoms with van der Waals surface area (Å²) in [5.41, 5.74) is 1.51. The Bertz CT molecular complexity index is 644. The van der Waals surface area contributed by atoms with Gasteiger partial charge in [-0.3, -0.25) is 9.78 Å². The second-order valence-corrected chi connectivity index (χ2v) is 4.86. The molecular formula is C17H17FN2O2. The van der Waals surface area contributed by atoms with E-state index in [0.717, 1.165) is 11.8 Å². The summed E-state index contributed by atoms with van der Waals surface area (Å²) < 4.78 is 12.9. The second-order valence-electron chi connectivity index (χ2n) is 4.86. The van der Waals surface area contributed by atoms with Crippen LogP contribution in [-0.4, -0.2) is 28.6 Å². The number of hydrogen-bond acceptors (Lipinski definition) is 3. The molecule has 0 radical (unpaired) electrons. The maximum Gasteiger partial charge on any atom is 0.244 e. The number of benzene rings is 1. The van der Waals surface area contributed by atoms with Crippen LogP contribution in [0.4, 0.5) is 4.39 Å². The van der Waals surface area contributed by atoms with Gasteiger partial charge in [-0.05, 0) is 23.3 Å². The Morgan fingerprint density at radius 3 is 2.82 bits per heavy atom. The SMILES string of the molecule is O=C(/C=C/c1cncc(F)c1)NCC(O)Cc1ccccc1. The summed E-state index contributed by atoms with van der Waals surface area (Å²) in [6.45, 7) is 0.152. The summed E-state index contributed by atoms with van der Waals surface area (Å²) in [5.74, 6) is -0.808. The topological polar surface area (TPSA) is 62.2 Å². The number of rotatable bonds is 6. The van der Waals surface area contributed by atoms with Crippen molar-refractivity contribution in [1.29, 1.82) is 0 Å². The highest BCUT2D eigenvalue weighted by Crippen LogP contribution is 2.04. The molecule has 1 aromatic carbocycles. The van der Waals surface area contributed by atoms with E-state index in [0.29, 0.717) is 12.0 Å². The maximum atomic E-state index is 12.9. The van der Waals surface area contributed by atoms with Gasteiger partial charge in [-0.15, -0.1) is 0 Å². The molecule has 0 aliphatic rings. The van der Waals surface area contributed by atoms with Gasteiger partial charge in [-0.25, -0.2) is 4.39 Å². The molecule has 0 saturated carbocycles. The predicted octanol–water partition coefficient (Wildman–Crippen LogP) is 1.95. The summed E-state index contributed by atoms with van der Waals surface area (Å²) >= 11 is 0. The molecule has 0 aliphatic heterocycles. The summed E-state index contributed by atoms with van der Waals surface area (Å²) in [6.07, 6.45) is 5.11. The monoisotopic (exact) mass is 300 g/mol. The van der Waals surface area contributed by atoms with Crippen molar-refractivity contribution >= 4 is 12.0 Å². The van der Waals surface area contributed by atoms with Crippen molar-refractivity contribution in [2.75, 3.05) is 6.54 Å². The fourth-order valence-electron chi connectivity index (χ4n) is 1.93. The predicted molar refractivity (Wildman–Crippen MR) is 82.4 cm³/mol. The number of amides is 1. The number of halogens is 1. The molecule has 0 spiro atoms. The van der Waals surface area contributed by atoms with Gasteiger partial charge in [-0.2, -0.15) is 0 Å². The Morgan fingerprint density at radius 1 is 1.32 bits per heavy atom. The van der Waals surface area contributed by atoms with E-state index in [1.54, 1.807) is 0 Å². The van der Waals surface area contributed by atoms with Crippen LogP contribution in [0.3, 0.4) is 0 Å². The Labute approximate surface area is 128 Å². The lowest BCUT2D eigenvalue weighted by Crippen LogP contribution is -2.32. The van der Waals surface area contributed by atoms with Crippen molar-refractivity contribution in [2.45, 2.75) is 12.5 Å². The molecule has 0 aliphatic carbocycles. The number of hydrogen-bond donors (Lipinski definition) is 2. The van der Waals surface area contributed by atoms with Crippen LogP contribution in [0.1, 0.15) is 11.1 Å². The fraction of sp³-hybridized carbons (Fsp3) is 0.176. The second kappa shape index (κ2) is 8.05. The number of pyridine rings is 1. The van der Waals surface area contributed by atoms with Crippen LogP contribution in [0.25, 0.3) is 6.08 Å². The Kier molecular flexibility index (Phi) is 5.80. The quantitative estimate of drug-likeness (QED) is 0.802. The molecule has 0 saturated heterocycles. The van der Waals surface area contributed by atoms with Gasteiger partial charge in [0.1, 0.15) is 5.82 Å². The highest BCUT2D eigenvalue weighted by molar-refractivity contribution is 5.91. The normalized spacial score (nSPS) is 12.3. The van der Waals surface area contributed by atoms with Crippen LogP contribution in [0.2, 0.25) is 0 Å². The van der Waals surface area contributed by atoms with Crippen LogP contribution in [-0.2, 0) is 11.2 Å². The molecule has 0 bridgehead atoms. The summed E-state index contributed by atoms with van der Waals surface area (Å²) in [6, 6.07) is 10.8. The van der Waals surface area contributed by atoms with Crippen molar-refractivity contribution in [1.82, 2.24) is 10.3 Å². The largest absolute Gasteiger partial charge is 0.391 e. The van der Waals surface area contributed by atoms with Gasteiger partial charge in [0.2, 0.25) is 5.91 Å². The summed E-state index contributed by atoms with van der Waals surface area (Å²) in [7, 11) is 0. The molecule has 1 aromatic heterocycles. The van der Waals surface area contributed by atoms with Gasteiger partial charge in [0.05, 0.1) is 12.3 Å². The van der Waals surface area contributed by atoms with Crippen molar-refractivity contribution < 1.29 is 14.3 Å². The number of nitrogens with zero attached hydrogens (tertiary/aromatic N) is 1. The first-order chi connectivity index (χ1) is 10.6. The van der Waals surface area contributed by atoms with Crippen molar-refractivity contribution in [3.63, 3.8) is 0 Å². The highest BCUT2D eigenvalue weighted by Gasteiger charge is 2.06. The van der Waals surface area contributed by atoms with E-state index >= 15 is 0 Å². The van der Waals surface area contributed by atoms with Gasteiger partial charge in [0.25, 0.3) is 0 Å². The van der Waals surface area contributed by atoms with Crippen LogP contribution < -0.4 is 5.32 Å². The van der Waals surface area contributed by atoms with E-state index in [4.69, 9.17) is 0 Å². The Balaban J connectivity index is 1.77. The lowest BCUT2D eigenvalue weighted by molar-refractivity contribution is -0.116. The molecular weight excluding hydrogens is 283 g/mol. The minimum absolute atomic E-state index is 0.152. The first-order valence-electron chi connectivity index (χ1n) is 6.92. The van der Waals surface area contributed by atoms with Crippen LogP contribution in [0, 0.1) is 5.82 Å². The third-order valence-corrected chi connectivity index (χ3v) is 2.98. The molecule has 1 atom stereocenters. The van der Waals surface area contributed by atoms with Gasteiger partial charge in [0, 0.05) is 25.2 Å². The fourth-order valence-corrected chi connectivity index (χ4v) is 1.93. The Hall–Kier alpha value is -2.53. The number of nitrogens with one attached hydrogen (secondary N) is 1. The number of carbonyl (C=O) groups is 1. The average Bonchev–Trinajstić information content (AvgIpc) is 2.52.